The zero-order chi connectivity index (χ0) is 39.0. The van der Waals surface area contributed by atoms with Gasteiger partial charge in [-0.15, -0.1) is 22.7 Å². The number of quaternary nitrogens is 1. The second-order valence-electron chi connectivity index (χ2n) is 15.1. The van der Waals surface area contributed by atoms with Crippen LogP contribution in [0.5, 0.6) is 5.88 Å². The third kappa shape index (κ3) is 13.1. The molecule has 3 atom stereocenters. The molecule has 2 aromatic carbocycles. The Labute approximate surface area is 345 Å². The number of benzene rings is 2. The molecule has 0 aliphatic carbocycles. The predicted octanol–water partition coefficient (Wildman–Crippen LogP) is 4.14. The Morgan fingerprint density at radius 2 is 1.77 bits per heavy atom. The number of aromatic carboxylic acids is 1. The average Bonchev–Trinajstić information content (AvgIpc) is 3.28. The standard InChI is InChI=1S/C42H51N5O6S.CH3.Li/c1-27(2)53-37-20-12-19-34(33-18-9-8-15-30(25-43-33)21-22-42(5,6)7)44-36(37)26-52-38-24-35(39-28(3)13-10-14-29(39)4)45-41(46-38)47-54(50,51)32-17-11-16-31(23-32)40(48)49;;/h10-11,13-18,21,23-24,27,34,36-37,44H,8-9,12,19-20,26H2,1-7H3,(H,48,49)(H,45,46,47);1H3;/q-2;-1;+1/p+1/b30-15-,33-18-;;/t34-,36-,37-;;/m0../s1. The maximum Gasteiger partial charge on any atom is 1.00 e. The third-order valence-corrected chi connectivity index (χ3v) is 10.5. The van der Waals surface area contributed by atoms with Gasteiger partial charge in [0.05, 0.1) is 29.5 Å². The van der Waals surface area contributed by atoms with Crippen LogP contribution in [-0.4, -0.2) is 66.6 Å². The van der Waals surface area contributed by atoms with E-state index < -0.39 is 16.0 Å². The van der Waals surface area contributed by atoms with E-state index in [1.807, 2.05) is 52.0 Å². The van der Waals surface area contributed by atoms with Crippen molar-refractivity contribution in [2.45, 2.75) is 110 Å². The van der Waals surface area contributed by atoms with Gasteiger partial charge >= 0.3 is 40.8 Å². The molecule has 1 aromatic heterocycles. The molecular formula is C43H55LiN5O6S-. The largest absolute Gasteiger partial charge is 1.00 e. The molecule has 13 heteroatoms. The van der Waals surface area contributed by atoms with Gasteiger partial charge in [-0.25, -0.2) is 10.9 Å². The van der Waals surface area contributed by atoms with Crippen molar-refractivity contribution in [2.24, 2.45) is 10.4 Å². The monoisotopic (exact) mass is 776 g/mol. The Balaban J connectivity index is 0.00000420. The summed E-state index contributed by atoms with van der Waals surface area (Å²) >= 11 is 0. The van der Waals surface area contributed by atoms with Crippen molar-refractivity contribution >= 4 is 28.2 Å². The molecule has 0 amide bonds. The van der Waals surface area contributed by atoms with Crippen molar-refractivity contribution in [1.29, 1.82) is 0 Å². The number of carboxylic acid groups (broad SMARTS) is 1. The van der Waals surface area contributed by atoms with Crippen LogP contribution in [0.2, 0.25) is 0 Å². The molecule has 11 nitrogen and oxygen atoms in total. The molecule has 2 aliphatic heterocycles. The number of carbonyl (C=O) groups is 1. The van der Waals surface area contributed by atoms with Crippen LogP contribution < -0.4 is 33.6 Å². The number of hydrogen-bond donors (Lipinski definition) is 3. The van der Waals surface area contributed by atoms with Crippen LogP contribution in [-0.2, 0) is 14.8 Å². The first-order valence-electron chi connectivity index (χ1n) is 18.5. The van der Waals surface area contributed by atoms with Gasteiger partial charge in [-0.2, -0.15) is 18.1 Å². The second-order valence-corrected chi connectivity index (χ2v) is 16.9. The molecule has 3 heterocycles. The fraction of sp³-hybridized carbons (Fsp3) is 0.419. The zero-order valence-electron chi connectivity index (χ0n) is 34.2. The molecular weight excluding hydrogens is 722 g/mol. The van der Waals surface area contributed by atoms with Gasteiger partial charge in [-0.05, 0) is 88.4 Å². The number of aryl methyl sites for hydroxylation is 2. The smallest absolute Gasteiger partial charge is 0.478 e. The summed E-state index contributed by atoms with van der Waals surface area (Å²) in [5.41, 5.74) is 4.88. The van der Waals surface area contributed by atoms with Crippen LogP contribution in [0.3, 0.4) is 0 Å². The van der Waals surface area contributed by atoms with Crippen molar-refractivity contribution in [3.8, 4) is 17.1 Å². The Morgan fingerprint density at radius 1 is 1.07 bits per heavy atom. The summed E-state index contributed by atoms with van der Waals surface area (Å²) in [6, 6.07) is 12.5. The fourth-order valence-electron chi connectivity index (χ4n) is 6.47. The van der Waals surface area contributed by atoms with E-state index >= 15 is 0 Å². The normalized spacial score (nSPS) is 21.6. The molecule has 1 saturated heterocycles. The number of aliphatic imine (C=N–C) groups is 1. The number of nitrogens with zero attached hydrogens (tertiary/aromatic N) is 3. The number of aromatic nitrogens is 2. The molecule has 0 radical (unpaired) electrons. The quantitative estimate of drug-likeness (QED) is 0.182. The van der Waals surface area contributed by atoms with Gasteiger partial charge in [-0.1, -0.05) is 51.5 Å². The molecule has 0 bridgehead atoms. The molecule has 296 valence electrons. The summed E-state index contributed by atoms with van der Waals surface area (Å²) in [6.07, 6.45) is 17.1. The predicted molar refractivity (Wildman–Crippen MR) is 216 cm³/mol. The van der Waals surface area contributed by atoms with Crippen LogP contribution in [0.15, 0.2) is 87.9 Å². The second kappa shape index (κ2) is 20.5. The number of rotatable bonds is 12. The minimum Gasteiger partial charge on any atom is -0.478 e. The summed E-state index contributed by atoms with van der Waals surface area (Å²) in [5.74, 6) is -1.12. The van der Waals surface area contributed by atoms with Gasteiger partial charge in [0.2, 0.25) is 5.88 Å². The van der Waals surface area contributed by atoms with Crippen molar-refractivity contribution in [3.05, 3.63) is 108 Å². The average molecular weight is 777 g/mol. The summed E-state index contributed by atoms with van der Waals surface area (Å²) in [5, 5.41) is 13.2. The summed E-state index contributed by atoms with van der Waals surface area (Å²) in [4.78, 5) is 25.4. The van der Waals surface area contributed by atoms with Gasteiger partial charge in [0.1, 0.15) is 11.5 Å². The van der Waals surface area contributed by atoms with Crippen LogP contribution in [0.25, 0.3) is 11.3 Å². The first-order chi connectivity index (χ1) is 25.6. The van der Waals surface area contributed by atoms with Crippen molar-refractivity contribution in [1.82, 2.24) is 15.3 Å². The third-order valence-electron chi connectivity index (χ3n) is 9.05. The first kappa shape index (κ1) is 46.5. The van der Waals surface area contributed by atoms with E-state index in [-0.39, 0.29) is 84.9 Å². The number of ether oxygens (including phenoxy) is 2. The Hall–Kier alpha value is -3.89. The van der Waals surface area contributed by atoms with Gasteiger partial charge in [0, 0.05) is 17.7 Å². The number of hydrogen-bond acceptors (Lipinski definition) is 9. The van der Waals surface area contributed by atoms with Crippen molar-refractivity contribution in [2.75, 3.05) is 6.61 Å². The Bertz CT molecular complexity index is 2030. The summed E-state index contributed by atoms with van der Waals surface area (Å²) in [7, 11) is -4.14. The topological polar surface area (TPSA) is 157 Å². The first-order valence-corrected chi connectivity index (χ1v) is 20.0. The van der Waals surface area contributed by atoms with Crippen LogP contribution in [0.4, 0.5) is 5.95 Å². The molecule has 1 fully saturated rings. The van der Waals surface area contributed by atoms with Crippen LogP contribution in [0.1, 0.15) is 88.2 Å². The van der Waals surface area contributed by atoms with Gasteiger partial charge in [0.25, 0.3) is 0 Å². The minimum absolute atomic E-state index is 0. The maximum absolute atomic E-state index is 13.6. The van der Waals surface area contributed by atoms with Crippen LogP contribution >= 0.6 is 0 Å². The van der Waals surface area contributed by atoms with E-state index in [0.717, 1.165) is 70.9 Å². The minimum atomic E-state index is -4.14. The van der Waals surface area contributed by atoms with Gasteiger partial charge in [0.15, 0.2) is 0 Å². The molecule has 2 aliphatic rings. The van der Waals surface area contributed by atoms with E-state index in [0.29, 0.717) is 5.69 Å². The number of primary sulfonamides is 1. The Kier molecular flexibility index (Phi) is 17.0. The van der Waals surface area contributed by atoms with Crippen molar-refractivity contribution in [3.63, 3.8) is 0 Å². The molecule has 0 spiro atoms. The number of nitrogens with two attached hydrogens (primary N) is 1. The van der Waals surface area contributed by atoms with Crippen LogP contribution in [0, 0.1) is 32.8 Å². The summed E-state index contributed by atoms with van der Waals surface area (Å²) < 4.78 is 41.0. The Morgan fingerprint density at radius 3 is 2.45 bits per heavy atom. The zero-order valence-corrected chi connectivity index (χ0v) is 35.0. The van der Waals surface area contributed by atoms with Gasteiger partial charge in [-0.3, -0.25) is 5.57 Å². The molecule has 0 unspecified atom stereocenters. The van der Waals surface area contributed by atoms with E-state index in [4.69, 9.17) is 14.5 Å². The molecule has 3 aromatic rings. The number of sulfonamides is 1. The summed E-state index contributed by atoms with van der Waals surface area (Å²) in [6.45, 7) is 14.5. The number of nitrogens with one attached hydrogen (secondary N) is 1. The molecule has 56 heavy (non-hydrogen) atoms. The SMILES string of the molecule is Cc1cccc(C)c1-c1cc(OC[C@@H]2N[C@H](C3=C\CC\C=C(C=[C-]C(C)(C)C)/[C-]=N/3)CCC[C@@H]2OC(C)C)nc([NH2+]S(=O)(=O)c2cccc(C(=O)O)c2)n1.[CH3-].[Li+]. The van der Waals surface area contributed by atoms with E-state index in [2.05, 4.69) is 60.5 Å². The number of carboxylic acids is 1. The van der Waals surface area contributed by atoms with Gasteiger partial charge < -0.3 is 44.5 Å². The molecule has 5 rings (SSSR count). The fourth-order valence-corrected chi connectivity index (χ4v) is 7.55. The van der Waals surface area contributed by atoms with E-state index in [1.165, 1.54) is 18.2 Å². The van der Waals surface area contributed by atoms with E-state index in [1.54, 1.807) is 6.07 Å². The van der Waals surface area contributed by atoms with E-state index in [9.17, 15) is 18.3 Å². The molecule has 0 saturated carbocycles. The maximum atomic E-state index is 13.6. The number of allylic oxidation sites excluding steroid dienone is 5. The van der Waals surface area contributed by atoms with Crippen molar-refractivity contribution < 1.29 is 51.4 Å². The molecule has 4 N–H and O–H groups in total.